The molecule has 0 N–H and O–H groups in total. The van der Waals surface area contributed by atoms with E-state index in [0.717, 1.165) is 5.69 Å². The quantitative estimate of drug-likeness (QED) is 0.490. The lowest BCUT2D eigenvalue weighted by molar-refractivity contribution is 1.09. The van der Waals surface area contributed by atoms with Crippen molar-refractivity contribution in [1.29, 1.82) is 0 Å². The van der Waals surface area contributed by atoms with Gasteiger partial charge in [-0.25, -0.2) is 9.97 Å². The molecular formula is C5H4ClN2. The third-order valence-electron chi connectivity index (χ3n) is 0.699. The monoisotopic (exact) mass is 127 g/mol. The van der Waals surface area contributed by atoms with Crippen molar-refractivity contribution < 1.29 is 0 Å². The van der Waals surface area contributed by atoms with Crippen LogP contribution in [0.5, 0.6) is 0 Å². The first-order valence-corrected chi connectivity index (χ1v) is 2.54. The molecule has 1 radical (unpaired) electrons. The topological polar surface area (TPSA) is 25.8 Å². The van der Waals surface area contributed by atoms with Crippen LogP contribution in [0.4, 0.5) is 0 Å². The Morgan fingerprint density at radius 2 is 2.50 bits per heavy atom. The molecule has 0 bridgehead atoms. The van der Waals surface area contributed by atoms with Crippen molar-refractivity contribution in [2.45, 2.75) is 6.92 Å². The van der Waals surface area contributed by atoms with Gasteiger partial charge < -0.3 is 0 Å². The number of hydrogen-bond acceptors (Lipinski definition) is 2. The minimum Gasteiger partial charge on any atom is -0.223 e. The number of hydrogen-bond donors (Lipinski definition) is 0. The van der Waals surface area contributed by atoms with Gasteiger partial charge in [0.1, 0.15) is 0 Å². The summed E-state index contributed by atoms with van der Waals surface area (Å²) in [5, 5.41) is 0.255. The molecule has 0 saturated carbocycles. The first-order chi connectivity index (χ1) is 3.79. The lowest BCUT2D eigenvalue weighted by atomic mass is 10.5. The van der Waals surface area contributed by atoms with Crippen LogP contribution in [0.3, 0.4) is 0 Å². The second-order valence-electron chi connectivity index (χ2n) is 1.41. The number of aromatic nitrogens is 2. The van der Waals surface area contributed by atoms with Crippen LogP contribution >= 0.6 is 11.6 Å². The van der Waals surface area contributed by atoms with Gasteiger partial charge in [0.25, 0.3) is 0 Å². The highest BCUT2D eigenvalue weighted by Gasteiger charge is 1.86. The molecular weight excluding hydrogens is 124 g/mol. The van der Waals surface area contributed by atoms with Gasteiger partial charge in [0, 0.05) is 5.69 Å². The fraction of sp³-hybridized carbons (Fsp3) is 0.200. The van der Waals surface area contributed by atoms with Crippen LogP contribution in [-0.2, 0) is 0 Å². The summed E-state index contributed by atoms with van der Waals surface area (Å²) < 4.78 is 0. The second kappa shape index (κ2) is 2.09. The van der Waals surface area contributed by atoms with Crippen LogP contribution in [0.1, 0.15) is 5.69 Å². The fourth-order valence-corrected chi connectivity index (χ4v) is 0.564. The Kier molecular flexibility index (Phi) is 1.44. The first kappa shape index (κ1) is 5.51. The molecule has 1 heterocycles. The Morgan fingerprint density at radius 3 is 2.88 bits per heavy atom. The third kappa shape index (κ3) is 1.17. The van der Waals surface area contributed by atoms with Crippen molar-refractivity contribution in [2.75, 3.05) is 0 Å². The summed E-state index contributed by atoms with van der Waals surface area (Å²) in [5.74, 6) is 0. The van der Waals surface area contributed by atoms with Gasteiger partial charge in [0.15, 0.2) is 0 Å². The largest absolute Gasteiger partial charge is 0.223 e. The van der Waals surface area contributed by atoms with E-state index in [4.69, 9.17) is 11.6 Å². The molecule has 1 aromatic heterocycles. The summed E-state index contributed by atoms with van der Waals surface area (Å²) in [4.78, 5) is 7.37. The SMILES string of the molecule is Cc1c[c]nc(Cl)n1. The van der Waals surface area contributed by atoms with E-state index in [9.17, 15) is 0 Å². The average Bonchev–Trinajstić information content (AvgIpc) is 1.64. The molecule has 0 saturated heterocycles. The molecule has 1 aromatic rings. The van der Waals surface area contributed by atoms with Crippen LogP contribution in [0.15, 0.2) is 6.07 Å². The van der Waals surface area contributed by atoms with E-state index in [1.165, 1.54) is 0 Å². The molecule has 0 aliphatic rings. The molecule has 0 aromatic carbocycles. The summed E-state index contributed by atoms with van der Waals surface area (Å²) >= 11 is 5.39. The summed E-state index contributed by atoms with van der Waals surface area (Å²) in [6, 6.07) is 1.67. The predicted octanol–water partition coefficient (Wildman–Crippen LogP) is 1.24. The molecule has 1 rings (SSSR count). The highest BCUT2D eigenvalue weighted by Crippen LogP contribution is 1.97. The third-order valence-corrected chi connectivity index (χ3v) is 0.868. The molecule has 0 spiro atoms. The zero-order chi connectivity index (χ0) is 5.98. The minimum absolute atomic E-state index is 0.255. The van der Waals surface area contributed by atoms with Gasteiger partial charge in [-0.15, -0.1) is 0 Å². The van der Waals surface area contributed by atoms with E-state index in [1.54, 1.807) is 6.07 Å². The Balaban J connectivity index is 3.08. The van der Waals surface area contributed by atoms with Crippen LogP contribution < -0.4 is 0 Å². The summed E-state index contributed by atoms with van der Waals surface area (Å²) in [7, 11) is 0. The predicted molar refractivity (Wildman–Crippen MR) is 30.6 cm³/mol. The van der Waals surface area contributed by atoms with Gasteiger partial charge in [0.05, 0.1) is 6.20 Å². The van der Waals surface area contributed by atoms with E-state index in [1.807, 2.05) is 6.92 Å². The Hall–Kier alpha value is -0.630. The van der Waals surface area contributed by atoms with Gasteiger partial charge in [-0.3, -0.25) is 0 Å². The van der Waals surface area contributed by atoms with Crippen LogP contribution in [0, 0.1) is 13.1 Å². The zero-order valence-corrected chi connectivity index (χ0v) is 5.11. The van der Waals surface area contributed by atoms with Crippen molar-refractivity contribution in [3.05, 3.63) is 23.2 Å². The van der Waals surface area contributed by atoms with Gasteiger partial charge in [0.2, 0.25) is 5.28 Å². The van der Waals surface area contributed by atoms with Gasteiger partial charge in [-0.1, -0.05) is 0 Å². The number of halogens is 1. The highest BCUT2D eigenvalue weighted by molar-refractivity contribution is 6.28. The fourth-order valence-electron chi connectivity index (χ4n) is 0.382. The van der Waals surface area contributed by atoms with Crippen LogP contribution in [0.2, 0.25) is 5.28 Å². The van der Waals surface area contributed by atoms with Crippen molar-refractivity contribution in [2.24, 2.45) is 0 Å². The van der Waals surface area contributed by atoms with E-state index in [0.29, 0.717) is 0 Å². The maximum absolute atomic E-state index is 5.39. The summed E-state index contributed by atoms with van der Waals surface area (Å²) in [6.07, 6.45) is 2.58. The highest BCUT2D eigenvalue weighted by atomic mass is 35.5. The summed E-state index contributed by atoms with van der Waals surface area (Å²) in [6.45, 7) is 1.84. The zero-order valence-electron chi connectivity index (χ0n) is 4.35. The number of nitrogens with zero attached hydrogens (tertiary/aromatic N) is 2. The number of rotatable bonds is 0. The van der Waals surface area contributed by atoms with Crippen molar-refractivity contribution >= 4 is 11.6 Å². The van der Waals surface area contributed by atoms with Crippen LogP contribution in [-0.4, -0.2) is 9.97 Å². The normalized spacial score (nSPS) is 9.25. The maximum Gasteiger partial charge on any atom is 0.223 e. The smallest absolute Gasteiger partial charge is 0.223 e. The molecule has 0 aliphatic heterocycles. The Labute approximate surface area is 52.5 Å². The van der Waals surface area contributed by atoms with E-state index < -0.39 is 0 Å². The van der Waals surface area contributed by atoms with E-state index in [2.05, 4.69) is 16.2 Å². The van der Waals surface area contributed by atoms with Gasteiger partial charge in [-0.2, -0.15) is 0 Å². The van der Waals surface area contributed by atoms with Crippen molar-refractivity contribution in [1.82, 2.24) is 9.97 Å². The van der Waals surface area contributed by atoms with Gasteiger partial charge >= 0.3 is 0 Å². The second-order valence-corrected chi connectivity index (χ2v) is 1.75. The molecule has 8 heavy (non-hydrogen) atoms. The molecule has 0 aliphatic carbocycles. The first-order valence-electron chi connectivity index (χ1n) is 2.16. The molecule has 41 valence electrons. The molecule has 0 amide bonds. The standard InChI is InChI=1S/C5H4ClN2/c1-4-2-3-7-5(6)8-4/h2H,1H3. The molecule has 0 atom stereocenters. The lowest BCUT2D eigenvalue weighted by Gasteiger charge is -1.86. The Morgan fingerprint density at radius 1 is 1.75 bits per heavy atom. The van der Waals surface area contributed by atoms with Crippen molar-refractivity contribution in [3.8, 4) is 0 Å². The summed E-state index contributed by atoms with van der Waals surface area (Å²) in [5.41, 5.74) is 0.838. The van der Waals surface area contributed by atoms with E-state index in [-0.39, 0.29) is 5.28 Å². The Bertz CT molecular complexity index is 170. The minimum atomic E-state index is 0.255. The molecule has 2 nitrogen and oxygen atoms in total. The number of aryl methyl sites for hydroxylation is 1. The molecule has 0 unspecified atom stereocenters. The average molecular weight is 128 g/mol. The van der Waals surface area contributed by atoms with E-state index >= 15 is 0 Å². The van der Waals surface area contributed by atoms with Crippen LogP contribution in [0.25, 0.3) is 0 Å². The van der Waals surface area contributed by atoms with Crippen molar-refractivity contribution in [3.63, 3.8) is 0 Å². The van der Waals surface area contributed by atoms with Gasteiger partial charge in [-0.05, 0) is 24.6 Å². The molecule has 0 fully saturated rings. The molecule has 3 heteroatoms. The lowest BCUT2D eigenvalue weighted by Crippen LogP contribution is -1.82. The maximum atomic E-state index is 5.39.